The van der Waals surface area contributed by atoms with E-state index in [0.29, 0.717) is 117 Å². The number of sulfonamides is 2. The summed E-state index contributed by atoms with van der Waals surface area (Å²) in [5.74, 6) is 6.77. The average molecular weight is 1930 g/mol. The molecule has 4 unspecified atom stereocenters. The molecule has 136 heavy (non-hydrogen) atoms. The van der Waals surface area contributed by atoms with Gasteiger partial charge < -0.3 is 66.3 Å². The smallest absolute Gasteiger partial charge is 0.301 e. The molecule has 10 heterocycles. The van der Waals surface area contributed by atoms with Crippen LogP contribution in [0.2, 0.25) is 0 Å². The van der Waals surface area contributed by atoms with Crippen molar-refractivity contribution in [1.82, 2.24) is 48.3 Å². The van der Waals surface area contributed by atoms with Crippen molar-refractivity contribution in [2.75, 3.05) is 53.2 Å². The van der Waals surface area contributed by atoms with Crippen LogP contribution in [0.25, 0.3) is 0 Å². The van der Waals surface area contributed by atoms with Gasteiger partial charge in [-0.15, -0.1) is 0 Å². The summed E-state index contributed by atoms with van der Waals surface area (Å²) in [5, 5.41) is 0. The molecule has 4 aromatic heterocycles. The number of carbonyl (C=O) groups is 4. The van der Waals surface area contributed by atoms with Gasteiger partial charge in [0.15, 0.2) is 35.2 Å². The Morgan fingerprint density at radius 1 is 0.301 bits per heavy atom. The van der Waals surface area contributed by atoms with E-state index in [0.717, 1.165) is 81.7 Å². The lowest BCUT2D eigenvalue weighted by Crippen LogP contribution is -2.48. The van der Waals surface area contributed by atoms with E-state index in [4.69, 9.17) is 66.3 Å². The summed E-state index contributed by atoms with van der Waals surface area (Å²) in [6.07, 6.45) is 2.61. The van der Waals surface area contributed by atoms with Gasteiger partial charge in [0.1, 0.15) is 59.9 Å². The average Bonchev–Trinajstić information content (AvgIpc) is 1.65. The summed E-state index contributed by atoms with van der Waals surface area (Å²) in [6, 6.07) is 71.3. The van der Waals surface area contributed by atoms with E-state index in [2.05, 4.69) is 29.4 Å². The SMILES string of the molecule is COc1cccc(Oc2cccc3c2CC[C@H]3Oc2ccc(C3CC(=O)NS(=O)(=O)C3)cc2)n1.COc1cccc(Oc2cccc3c2CC[C@H]3Oc2ccc(C3CC(=O)NS(=O)(=O)N3)cc2)n1.COc1cccc(Oc2cccc3c2OC[C@H]3Oc2ccc(C3CC(=O)NS(=O)(=O)C3)cc2)n1.COc1cccc(Oc2cccc3c2OC[C@H]3Oc2ccc(C3CC(=O)NS(=O)(=O)N3)cc2)n1. The van der Waals surface area contributed by atoms with Gasteiger partial charge in [-0.3, -0.25) is 28.6 Å². The third kappa shape index (κ3) is 23.0. The first kappa shape index (κ1) is 93.0. The molecule has 2 aliphatic carbocycles. The van der Waals surface area contributed by atoms with Crippen LogP contribution in [-0.4, -0.2) is 130 Å². The van der Waals surface area contributed by atoms with Gasteiger partial charge in [-0.25, -0.2) is 26.3 Å². The van der Waals surface area contributed by atoms with E-state index in [1.807, 2.05) is 116 Å². The Bertz CT molecular complexity index is 6130. The fourth-order valence-electron chi connectivity index (χ4n) is 16.6. The minimum Gasteiger partial charge on any atom is -0.486 e. The fraction of sp³-hybridized carbons (Fsp3) is 0.250. The minimum atomic E-state index is -3.84. The molecule has 4 fully saturated rings. The molecule has 0 bridgehead atoms. The maximum Gasteiger partial charge on any atom is 0.301 e. The number of methoxy groups -OCH3 is 4. The first-order valence-electron chi connectivity index (χ1n) is 42.9. The number of aromatic nitrogens is 4. The van der Waals surface area contributed by atoms with Crippen molar-refractivity contribution in [3.05, 3.63) is 298 Å². The molecule has 6 aliphatic heterocycles. The van der Waals surface area contributed by atoms with Crippen LogP contribution in [-0.2, 0) is 72.5 Å². The van der Waals surface area contributed by atoms with Gasteiger partial charge >= 0.3 is 20.4 Å². The van der Waals surface area contributed by atoms with Crippen molar-refractivity contribution in [3.8, 4) is 105 Å². The summed E-state index contributed by atoms with van der Waals surface area (Å²) in [6.45, 7) is 0.607. The van der Waals surface area contributed by atoms with Crippen LogP contribution in [0.5, 0.6) is 105 Å². The van der Waals surface area contributed by atoms with Crippen LogP contribution in [0.4, 0.5) is 0 Å². The van der Waals surface area contributed by atoms with Gasteiger partial charge in [0, 0.05) is 108 Å². The summed E-state index contributed by atoms with van der Waals surface area (Å²) in [5.41, 5.74) is 8.91. The van der Waals surface area contributed by atoms with Crippen molar-refractivity contribution >= 4 is 64.1 Å². The number of pyridine rings is 4. The number of hydrogen-bond donors (Lipinski definition) is 6. The van der Waals surface area contributed by atoms with Crippen molar-refractivity contribution in [2.45, 2.75) is 99.7 Å². The topological polar surface area (TPSA) is 458 Å². The predicted octanol–water partition coefficient (Wildman–Crippen LogP) is 13.3. The zero-order chi connectivity index (χ0) is 94.8. The zero-order valence-corrected chi connectivity index (χ0v) is 76.5. The molecular weight excluding hydrogens is 1840 g/mol. The van der Waals surface area contributed by atoms with Crippen LogP contribution in [0.1, 0.15) is 142 Å². The second-order valence-electron chi connectivity index (χ2n) is 32.1. The van der Waals surface area contributed by atoms with Crippen LogP contribution in [0.3, 0.4) is 0 Å². The zero-order valence-electron chi connectivity index (χ0n) is 73.2. The van der Waals surface area contributed by atoms with Gasteiger partial charge in [0.2, 0.25) is 90.7 Å². The van der Waals surface area contributed by atoms with Crippen LogP contribution in [0.15, 0.2) is 243 Å². The molecule has 0 saturated carbocycles. The van der Waals surface area contributed by atoms with Crippen LogP contribution >= 0.6 is 0 Å². The highest BCUT2D eigenvalue weighted by molar-refractivity contribution is 7.90. The predicted molar refractivity (Wildman–Crippen MR) is 490 cm³/mol. The first-order chi connectivity index (χ1) is 65.6. The molecule has 8 aromatic carbocycles. The number of hydrogen-bond acceptors (Lipinski definition) is 30. The number of carbonyl (C=O) groups excluding carboxylic acids is 4. The van der Waals surface area contributed by atoms with Gasteiger partial charge in [-0.05, 0) is 132 Å². The summed E-state index contributed by atoms with van der Waals surface area (Å²) in [4.78, 5) is 63.9. The monoisotopic (exact) mass is 1930 g/mol. The summed E-state index contributed by atoms with van der Waals surface area (Å²) < 4.78 is 188. The lowest BCUT2D eigenvalue weighted by molar-refractivity contribution is -0.121. The third-order valence-corrected chi connectivity index (χ3v) is 27.7. The number of benzene rings is 8. The van der Waals surface area contributed by atoms with Gasteiger partial charge in [0.05, 0.1) is 52.0 Å². The second-order valence-corrected chi connectivity index (χ2v) is 38.5. The van der Waals surface area contributed by atoms with Crippen LogP contribution < -0.4 is 94.6 Å². The molecule has 4 amide bonds. The normalized spacial score (nSPS) is 20.7. The number of nitrogens with zero attached hydrogens (tertiary/aromatic N) is 4. The molecule has 40 heteroatoms. The van der Waals surface area contributed by atoms with Crippen molar-refractivity contribution in [3.63, 3.8) is 0 Å². The lowest BCUT2D eigenvalue weighted by atomic mass is 9.97. The van der Waals surface area contributed by atoms with E-state index in [1.165, 1.54) is 14.2 Å². The maximum absolute atomic E-state index is 11.9. The highest BCUT2D eigenvalue weighted by atomic mass is 32.2. The molecule has 36 nitrogen and oxygen atoms in total. The second kappa shape index (κ2) is 40.5. The molecule has 0 radical (unpaired) electrons. The van der Waals surface area contributed by atoms with Crippen molar-refractivity contribution in [1.29, 1.82) is 0 Å². The fourth-order valence-corrected chi connectivity index (χ4v) is 21.4. The Morgan fingerprint density at radius 3 is 0.897 bits per heavy atom. The summed E-state index contributed by atoms with van der Waals surface area (Å²) >= 11 is 0. The largest absolute Gasteiger partial charge is 0.486 e. The number of fused-ring (bicyclic) bond motifs is 4. The molecule has 6 N–H and O–H groups in total. The molecule has 704 valence electrons. The van der Waals surface area contributed by atoms with E-state index >= 15 is 0 Å². The molecule has 0 spiro atoms. The third-order valence-electron chi connectivity index (χ3n) is 22.8. The van der Waals surface area contributed by atoms with Crippen molar-refractivity contribution in [2.24, 2.45) is 0 Å². The molecule has 8 aliphatic rings. The maximum atomic E-state index is 11.9. The molecular formula is C96H90N10O26S4. The molecule has 20 rings (SSSR count). The van der Waals surface area contributed by atoms with E-state index < -0.39 is 76.2 Å². The number of nitrogens with one attached hydrogen (secondary N) is 6. The molecule has 8 atom stereocenters. The quantitative estimate of drug-likeness (QED) is 0.0327. The van der Waals surface area contributed by atoms with E-state index in [1.54, 1.807) is 160 Å². The standard InChI is InChI=1S/C25H24N2O6S.C24H23N3O6S.C24H22N2O7S.C23H21N3O7S/c1-31-24-6-3-7-25(26-24)33-21-5-2-4-19-20(21)12-13-22(19)32-18-10-8-16(9-11-18)17-14-23(28)27-34(29,30)15-17;1-31-23-6-3-7-24(25-23)33-20-5-2-4-17-18(20)12-13-21(17)32-16-10-8-15(9-11-16)19-14-22(28)27-34(29,30)26-19;1-30-22-6-3-7-23(25-22)33-19-5-2-4-18-20(13-31-24(18)19)32-17-10-8-15(9-11-17)16-12-21(27)26-34(28,29)14-16;1-30-21-6-3-7-22(24-21)33-18-5-2-4-16-19(13-31-23(16)18)32-15-10-8-14(9-11-15)17-12-20(27)26-34(28,29)25-17/h2-11,17,22H,12-15H2,1H3,(H,27,28);2-11,19,21,26H,12-14H2,1H3,(H,27,28);2-11,16,20H,12-14H2,1H3,(H,26,27);2-11,17,19,25H,12-13H2,1H3,(H,26,27)/t17?,22-;19?,21-;16?,20-;17?,19-/m1111/s1. The highest BCUT2D eigenvalue weighted by Crippen LogP contribution is 2.48. The Morgan fingerprint density at radius 2 is 0.581 bits per heavy atom. The van der Waals surface area contributed by atoms with Crippen LogP contribution in [0, 0.1) is 0 Å². The van der Waals surface area contributed by atoms with Gasteiger partial charge in [0.25, 0.3) is 0 Å². The molecule has 4 saturated heterocycles. The first-order valence-corrected chi connectivity index (χ1v) is 49.2. The number of ether oxygens (including phenoxy) is 14. The number of rotatable bonds is 24. The molecule has 12 aromatic rings. The lowest BCUT2D eigenvalue weighted by Gasteiger charge is -2.24. The van der Waals surface area contributed by atoms with E-state index in [-0.39, 0.29) is 73.4 Å². The Labute approximate surface area is 782 Å². The summed E-state index contributed by atoms with van der Waals surface area (Å²) in [7, 11) is -8.64. The Kier molecular flexibility index (Phi) is 27.7. The van der Waals surface area contributed by atoms with Crippen molar-refractivity contribution < 1.29 is 119 Å². The van der Waals surface area contributed by atoms with E-state index in [9.17, 15) is 52.8 Å². The minimum absolute atomic E-state index is 0.0220. The van der Waals surface area contributed by atoms with Gasteiger partial charge in [-0.1, -0.05) is 121 Å². The number of para-hydroxylation sites is 2. The number of amides is 4. The Balaban J connectivity index is 0.000000126. The van der Waals surface area contributed by atoms with Gasteiger partial charge in [-0.2, -0.15) is 46.2 Å². The Hall–Kier alpha value is -14.8. The highest BCUT2D eigenvalue weighted by Gasteiger charge is 2.38.